The van der Waals surface area contributed by atoms with Crippen LogP contribution in [0.1, 0.15) is 30.0 Å². The Bertz CT molecular complexity index is 521. The number of nitrogens with two attached hydrogens (primary N) is 1. The Labute approximate surface area is 123 Å². The van der Waals surface area contributed by atoms with E-state index in [2.05, 4.69) is 52.6 Å². The second kappa shape index (κ2) is 6.06. The third-order valence-electron chi connectivity index (χ3n) is 4.33. The number of benzene rings is 1. The van der Waals surface area contributed by atoms with Gasteiger partial charge in [-0.3, -0.25) is 11.3 Å². The molecular weight excluding hydrogens is 268 g/mol. The van der Waals surface area contributed by atoms with Gasteiger partial charge in [0.2, 0.25) is 0 Å². The Morgan fingerprint density at radius 2 is 1.90 bits per heavy atom. The van der Waals surface area contributed by atoms with Crippen molar-refractivity contribution in [2.45, 2.75) is 24.3 Å². The Morgan fingerprint density at radius 1 is 1.15 bits per heavy atom. The van der Waals surface area contributed by atoms with Crippen LogP contribution in [0.15, 0.2) is 47.2 Å². The van der Waals surface area contributed by atoms with Crippen molar-refractivity contribution < 1.29 is 4.74 Å². The Hall–Kier alpha value is -1.20. The fourth-order valence-corrected chi connectivity index (χ4v) is 3.95. The average molecular weight is 288 g/mol. The third kappa shape index (κ3) is 2.40. The second-order valence-electron chi connectivity index (χ2n) is 5.29. The summed E-state index contributed by atoms with van der Waals surface area (Å²) in [6.45, 7) is 1.58. The predicted molar refractivity (Wildman–Crippen MR) is 82.6 cm³/mol. The van der Waals surface area contributed by atoms with Crippen molar-refractivity contribution in [2.75, 3.05) is 13.2 Å². The first-order valence-electron chi connectivity index (χ1n) is 6.98. The van der Waals surface area contributed by atoms with Crippen LogP contribution in [0.25, 0.3) is 0 Å². The molecule has 0 saturated carbocycles. The lowest BCUT2D eigenvalue weighted by Crippen LogP contribution is -2.47. The number of thiophene rings is 1. The van der Waals surface area contributed by atoms with E-state index in [1.165, 1.54) is 11.1 Å². The van der Waals surface area contributed by atoms with Crippen molar-refractivity contribution in [3.63, 3.8) is 0 Å². The average Bonchev–Trinajstić information content (AvgIpc) is 3.04. The fourth-order valence-electron chi connectivity index (χ4n) is 3.26. The summed E-state index contributed by atoms with van der Waals surface area (Å²) in [5.74, 6) is 5.93. The molecule has 20 heavy (non-hydrogen) atoms. The highest BCUT2D eigenvalue weighted by molar-refractivity contribution is 7.07. The van der Waals surface area contributed by atoms with Gasteiger partial charge in [0.1, 0.15) is 0 Å². The van der Waals surface area contributed by atoms with E-state index in [-0.39, 0.29) is 11.5 Å². The maximum Gasteiger partial charge on any atom is 0.0566 e. The van der Waals surface area contributed by atoms with E-state index in [1.807, 2.05) is 0 Å². The normalized spacial score (nSPS) is 19.6. The van der Waals surface area contributed by atoms with Gasteiger partial charge in [-0.2, -0.15) is 11.3 Å². The lowest BCUT2D eigenvalue weighted by molar-refractivity contribution is 0.0341. The second-order valence-corrected chi connectivity index (χ2v) is 6.07. The Kier molecular flexibility index (Phi) is 4.17. The molecule has 2 aromatic rings. The van der Waals surface area contributed by atoms with E-state index in [4.69, 9.17) is 10.6 Å². The summed E-state index contributed by atoms with van der Waals surface area (Å²) in [4.78, 5) is 0. The number of ether oxygens (including phenoxy) is 1. The van der Waals surface area contributed by atoms with Gasteiger partial charge in [0.15, 0.2) is 0 Å². The van der Waals surface area contributed by atoms with Crippen LogP contribution in [0, 0.1) is 0 Å². The highest BCUT2D eigenvalue weighted by atomic mass is 32.1. The first-order valence-corrected chi connectivity index (χ1v) is 7.92. The minimum atomic E-state index is 0.00926. The number of hydrogen-bond acceptors (Lipinski definition) is 4. The molecule has 1 aliphatic rings. The van der Waals surface area contributed by atoms with Crippen LogP contribution in [0.3, 0.4) is 0 Å². The van der Waals surface area contributed by atoms with Crippen molar-refractivity contribution in [1.82, 2.24) is 5.43 Å². The number of nitrogens with one attached hydrogen (secondary N) is 1. The van der Waals surface area contributed by atoms with Crippen LogP contribution < -0.4 is 11.3 Å². The first-order chi connectivity index (χ1) is 9.87. The van der Waals surface area contributed by atoms with Crippen molar-refractivity contribution in [3.05, 3.63) is 58.3 Å². The molecule has 1 aliphatic heterocycles. The summed E-state index contributed by atoms with van der Waals surface area (Å²) in [7, 11) is 0. The van der Waals surface area contributed by atoms with Crippen LogP contribution in [0.2, 0.25) is 0 Å². The van der Waals surface area contributed by atoms with Crippen molar-refractivity contribution in [3.8, 4) is 0 Å². The van der Waals surface area contributed by atoms with Crippen LogP contribution in [-0.4, -0.2) is 13.2 Å². The molecule has 1 saturated heterocycles. The highest BCUT2D eigenvalue weighted by Crippen LogP contribution is 2.45. The molecule has 3 N–H and O–H groups in total. The van der Waals surface area contributed by atoms with Gasteiger partial charge in [-0.05, 0) is 40.8 Å². The van der Waals surface area contributed by atoms with Crippen molar-refractivity contribution >= 4 is 11.3 Å². The summed E-state index contributed by atoms with van der Waals surface area (Å²) < 4.78 is 5.59. The van der Waals surface area contributed by atoms with Gasteiger partial charge in [-0.25, -0.2) is 0 Å². The molecular formula is C16H20N2OS. The van der Waals surface area contributed by atoms with Gasteiger partial charge in [0.25, 0.3) is 0 Å². The fraction of sp³-hybridized carbons (Fsp3) is 0.375. The van der Waals surface area contributed by atoms with Crippen LogP contribution in [0.5, 0.6) is 0 Å². The highest BCUT2D eigenvalue weighted by Gasteiger charge is 2.42. The number of hydrogen-bond donors (Lipinski definition) is 2. The van der Waals surface area contributed by atoms with Gasteiger partial charge in [-0.15, -0.1) is 0 Å². The zero-order valence-electron chi connectivity index (χ0n) is 11.4. The SMILES string of the molecule is NNC(c1ccsc1)C1(c2ccccc2)CCOCC1. The van der Waals surface area contributed by atoms with Crippen LogP contribution in [-0.2, 0) is 10.2 Å². The molecule has 3 nitrogen and oxygen atoms in total. The summed E-state index contributed by atoms with van der Waals surface area (Å²) in [6, 6.07) is 13.0. The quantitative estimate of drug-likeness (QED) is 0.671. The van der Waals surface area contributed by atoms with E-state index in [1.54, 1.807) is 11.3 Å². The molecule has 0 amide bonds. The lowest BCUT2D eigenvalue weighted by Gasteiger charge is -2.43. The van der Waals surface area contributed by atoms with E-state index < -0.39 is 0 Å². The molecule has 0 radical (unpaired) electrons. The van der Waals surface area contributed by atoms with Gasteiger partial charge in [-0.1, -0.05) is 30.3 Å². The summed E-state index contributed by atoms with van der Waals surface area (Å²) in [5, 5.41) is 4.29. The standard InChI is InChI=1S/C16H20N2OS/c17-18-15(13-6-11-20-12-13)16(7-9-19-10-8-16)14-4-2-1-3-5-14/h1-6,11-12,15,18H,7-10,17H2. The molecule has 1 aromatic heterocycles. The maximum atomic E-state index is 5.93. The molecule has 0 spiro atoms. The molecule has 1 fully saturated rings. The molecule has 0 bridgehead atoms. The van der Waals surface area contributed by atoms with E-state index in [9.17, 15) is 0 Å². The molecule has 1 atom stereocenters. The molecule has 2 heterocycles. The smallest absolute Gasteiger partial charge is 0.0566 e. The van der Waals surface area contributed by atoms with E-state index >= 15 is 0 Å². The minimum Gasteiger partial charge on any atom is -0.381 e. The Balaban J connectivity index is 2.05. The first kappa shape index (κ1) is 13.8. The van der Waals surface area contributed by atoms with Crippen molar-refractivity contribution in [2.24, 2.45) is 5.84 Å². The molecule has 0 aliphatic carbocycles. The molecule has 1 unspecified atom stereocenters. The van der Waals surface area contributed by atoms with E-state index in [0.29, 0.717) is 0 Å². The molecule has 106 valence electrons. The van der Waals surface area contributed by atoms with Gasteiger partial charge in [0.05, 0.1) is 6.04 Å². The topological polar surface area (TPSA) is 47.3 Å². The summed E-state index contributed by atoms with van der Waals surface area (Å²) in [5.41, 5.74) is 5.69. The minimum absolute atomic E-state index is 0.00926. The predicted octanol–water partition coefficient (Wildman–Crippen LogP) is 3.00. The van der Waals surface area contributed by atoms with Crippen LogP contribution in [0.4, 0.5) is 0 Å². The van der Waals surface area contributed by atoms with Gasteiger partial charge < -0.3 is 4.74 Å². The monoisotopic (exact) mass is 288 g/mol. The zero-order valence-corrected chi connectivity index (χ0v) is 12.2. The lowest BCUT2D eigenvalue weighted by atomic mass is 9.67. The van der Waals surface area contributed by atoms with Crippen molar-refractivity contribution in [1.29, 1.82) is 0 Å². The molecule has 1 aromatic carbocycles. The number of rotatable bonds is 4. The largest absolute Gasteiger partial charge is 0.381 e. The van der Waals surface area contributed by atoms with E-state index in [0.717, 1.165) is 26.1 Å². The molecule has 4 heteroatoms. The maximum absolute atomic E-state index is 5.93. The van der Waals surface area contributed by atoms with Crippen LogP contribution >= 0.6 is 11.3 Å². The summed E-state index contributed by atoms with van der Waals surface area (Å²) in [6.07, 6.45) is 1.98. The third-order valence-corrected chi connectivity index (χ3v) is 5.03. The van der Waals surface area contributed by atoms with Gasteiger partial charge in [0, 0.05) is 18.6 Å². The van der Waals surface area contributed by atoms with Gasteiger partial charge >= 0.3 is 0 Å². The Morgan fingerprint density at radius 3 is 2.50 bits per heavy atom. The summed E-state index contributed by atoms with van der Waals surface area (Å²) >= 11 is 1.71. The number of hydrazine groups is 1. The molecule has 3 rings (SSSR count). The zero-order chi connectivity index (χ0) is 13.8.